The van der Waals surface area contributed by atoms with E-state index in [0.717, 1.165) is 38.6 Å². The molecule has 80 valence electrons. The minimum Gasteiger partial charge on any atom is -0.388 e. The van der Waals surface area contributed by atoms with Gasteiger partial charge in [-0.15, -0.1) is 0 Å². The fourth-order valence-electron chi connectivity index (χ4n) is 2.23. The molecule has 2 aliphatic rings. The summed E-state index contributed by atoms with van der Waals surface area (Å²) in [5.41, 5.74) is 5.07. The molecule has 1 unspecified atom stereocenters. The van der Waals surface area contributed by atoms with Gasteiger partial charge in [-0.1, -0.05) is 0 Å². The predicted octanol–water partition coefficient (Wildman–Crippen LogP) is -0.149. The highest BCUT2D eigenvalue weighted by Gasteiger charge is 2.38. The number of carbonyl (C=O) groups is 1. The average molecular weight is 198 g/mol. The first-order valence-electron chi connectivity index (χ1n) is 5.37. The molecule has 1 aliphatic heterocycles. The van der Waals surface area contributed by atoms with Crippen molar-refractivity contribution >= 4 is 5.91 Å². The first-order valence-corrected chi connectivity index (χ1v) is 5.37. The van der Waals surface area contributed by atoms with Crippen molar-refractivity contribution in [3.63, 3.8) is 0 Å². The number of aliphatic hydroxyl groups is 1. The van der Waals surface area contributed by atoms with Gasteiger partial charge >= 0.3 is 0 Å². The Bertz CT molecular complexity index is 238. The minimum atomic E-state index is -0.604. The summed E-state index contributed by atoms with van der Waals surface area (Å²) in [4.78, 5) is 13.4. The molecule has 1 heterocycles. The van der Waals surface area contributed by atoms with Crippen LogP contribution in [0, 0.1) is 0 Å². The van der Waals surface area contributed by atoms with Gasteiger partial charge in [0.25, 0.3) is 0 Å². The minimum absolute atomic E-state index is 0.0107. The van der Waals surface area contributed by atoms with E-state index in [1.807, 2.05) is 0 Å². The summed E-state index contributed by atoms with van der Waals surface area (Å²) in [6, 6.07) is -0.340. The van der Waals surface area contributed by atoms with Gasteiger partial charge in [0.2, 0.25) is 5.91 Å². The second-order valence-electron chi connectivity index (χ2n) is 4.59. The molecule has 1 amide bonds. The second-order valence-corrected chi connectivity index (χ2v) is 4.59. The molecule has 0 aromatic rings. The average Bonchev–Trinajstić information content (AvgIpc) is 2.10. The molecule has 0 spiro atoms. The van der Waals surface area contributed by atoms with Gasteiger partial charge in [-0.05, 0) is 32.1 Å². The summed E-state index contributed by atoms with van der Waals surface area (Å²) >= 11 is 0. The molecule has 1 saturated heterocycles. The van der Waals surface area contributed by atoms with Crippen LogP contribution >= 0.6 is 0 Å². The van der Waals surface area contributed by atoms with Gasteiger partial charge in [-0.3, -0.25) is 4.79 Å². The summed E-state index contributed by atoms with van der Waals surface area (Å²) in [6.45, 7) is 1.24. The molecule has 4 heteroatoms. The number of piperidine rings is 1. The van der Waals surface area contributed by atoms with E-state index >= 15 is 0 Å². The van der Waals surface area contributed by atoms with E-state index in [0.29, 0.717) is 6.54 Å². The van der Waals surface area contributed by atoms with Crippen LogP contribution in [-0.2, 0) is 4.79 Å². The molecule has 2 rings (SSSR count). The predicted molar refractivity (Wildman–Crippen MR) is 52.6 cm³/mol. The second kappa shape index (κ2) is 3.51. The molecule has 0 radical (unpaired) electrons. The molecule has 4 nitrogen and oxygen atoms in total. The van der Waals surface area contributed by atoms with Crippen molar-refractivity contribution in [2.45, 2.75) is 43.7 Å². The van der Waals surface area contributed by atoms with Crippen LogP contribution in [0.3, 0.4) is 0 Å². The molecule has 1 aliphatic carbocycles. The highest BCUT2D eigenvalue weighted by Crippen LogP contribution is 2.32. The van der Waals surface area contributed by atoms with Crippen LogP contribution in [0.25, 0.3) is 0 Å². The number of carbonyl (C=O) groups excluding carboxylic acids is 1. The quantitative estimate of drug-likeness (QED) is 0.648. The van der Waals surface area contributed by atoms with E-state index in [2.05, 4.69) is 0 Å². The van der Waals surface area contributed by atoms with E-state index in [9.17, 15) is 9.90 Å². The van der Waals surface area contributed by atoms with Crippen molar-refractivity contribution in [1.29, 1.82) is 0 Å². The standard InChI is InChI=1S/C10H18N2O2/c11-8-3-1-6-12(9(8)13)7-10(14)4-2-5-10/h8,14H,1-7,11H2. The van der Waals surface area contributed by atoms with Gasteiger partial charge in [0.15, 0.2) is 0 Å². The van der Waals surface area contributed by atoms with E-state index < -0.39 is 5.60 Å². The molecule has 1 atom stereocenters. The Balaban J connectivity index is 1.93. The van der Waals surface area contributed by atoms with Crippen molar-refractivity contribution in [1.82, 2.24) is 4.90 Å². The Kier molecular flexibility index (Phi) is 2.49. The molecular weight excluding hydrogens is 180 g/mol. The summed E-state index contributed by atoms with van der Waals surface area (Å²) in [6.07, 6.45) is 4.47. The Morgan fingerprint density at radius 2 is 2.21 bits per heavy atom. The molecule has 14 heavy (non-hydrogen) atoms. The zero-order valence-corrected chi connectivity index (χ0v) is 8.41. The van der Waals surface area contributed by atoms with Gasteiger partial charge < -0.3 is 15.7 Å². The third-order valence-electron chi connectivity index (χ3n) is 3.34. The van der Waals surface area contributed by atoms with E-state index in [1.54, 1.807) is 4.90 Å². The lowest BCUT2D eigenvalue weighted by atomic mass is 9.79. The summed E-state index contributed by atoms with van der Waals surface area (Å²) in [5.74, 6) is 0.0107. The van der Waals surface area contributed by atoms with Gasteiger partial charge in [-0.2, -0.15) is 0 Å². The number of likely N-dealkylation sites (tertiary alicyclic amines) is 1. The molecule has 1 saturated carbocycles. The Hall–Kier alpha value is -0.610. The Morgan fingerprint density at radius 3 is 2.79 bits per heavy atom. The smallest absolute Gasteiger partial charge is 0.239 e. The van der Waals surface area contributed by atoms with Gasteiger partial charge in [0, 0.05) is 13.1 Å². The largest absolute Gasteiger partial charge is 0.388 e. The highest BCUT2D eigenvalue weighted by molar-refractivity contribution is 5.82. The maximum absolute atomic E-state index is 11.6. The topological polar surface area (TPSA) is 66.6 Å². The van der Waals surface area contributed by atoms with Gasteiger partial charge in [-0.25, -0.2) is 0 Å². The van der Waals surface area contributed by atoms with Crippen LogP contribution in [-0.4, -0.2) is 40.6 Å². The molecule has 0 aromatic heterocycles. The Morgan fingerprint density at radius 1 is 1.50 bits per heavy atom. The first-order chi connectivity index (χ1) is 6.61. The SMILES string of the molecule is NC1CCCN(CC2(O)CCC2)C1=O. The molecule has 0 bridgehead atoms. The fraction of sp³-hybridized carbons (Fsp3) is 0.900. The normalized spacial score (nSPS) is 31.4. The fourth-order valence-corrected chi connectivity index (χ4v) is 2.23. The monoisotopic (exact) mass is 198 g/mol. The lowest BCUT2D eigenvalue weighted by Crippen LogP contribution is -2.55. The number of nitrogens with zero attached hydrogens (tertiary/aromatic N) is 1. The van der Waals surface area contributed by atoms with Crippen LogP contribution in [0.2, 0.25) is 0 Å². The van der Waals surface area contributed by atoms with Gasteiger partial charge in [0.05, 0.1) is 11.6 Å². The van der Waals surface area contributed by atoms with E-state index in [1.165, 1.54) is 0 Å². The number of amides is 1. The van der Waals surface area contributed by atoms with Crippen LogP contribution in [0.4, 0.5) is 0 Å². The van der Waals surface area contributed by atoms with Crippen molar-refractivity contribution in [2.75, 3.05) is 13.1 Å². The zero-order chi connectivity index (χ0) is 10.2. The first kappa shape index (κ1) is 9.93. The van der Waals surface area contributed by atoms with Crippen LogP contribution in [0.5, 0.6) is 0 Å². The van der Waals surface area contributed by atoms with Crippen molar-refractivity contribution in [2.24, 2.45) is 5.73 Å². The zero-order valence-electron chi connectivity index (χ0n) is 8.41. The molecule has 3 N–H and O–H groups in total. The van der Waals surface area contributed by atoms with Crippen LogP contribution in [0.1, 0.15) is 32.1 Å². The number of β-amino-alcohol motifs (C(OH)–C–C–N with tert-alkyl or cyclic N) is 1. The van der Waals surface area contributed by atoms with E-state index in [-0.39, 0.29) is 11.9 Å². The lowest BCUT2D eigenvalue weighted by Gasteiger charge is -2.42. The summed E-state index contributed by atoms with van der Waals surface area (Å²) in [5, 5.41) is 9.93. The van der Waals surface area contributed by atoms with Crippen molar-refractivity contribution in [3.8, 4) is 0 Å². The molecule has 0 aromatic carbocycles. The maximum atomic E-state index is 11.6. The number of hydrogen-bond donors (Lipinski definition) is 2. The highest BCUT2D eigenvalue weighted by atomic mass is 16.3. The third-order valence-corrected chi connectivity index (χ3v) is 3.34. The lowest BCUT2D eigenvalue weighted by molar-refractivity contribution is -0.142. The number of rotatable bonds is 2. The van der Waals surface area contributed by atoms with Crippen molar-refractivity contribution in [3.05, 3.63) is 0 Å². The number of nitrogens with two attached hydrogens (primary N) is 1. The molecular formula is C10H18N2O2. The summed E-state index contributed by atoms with van der Waals surface area (Å²) in [7, 11) is 0. The van der Waals surface area contributed by atoms with Crippen LogP contribution in [0.15, 0.2) is 0 Å². The third kappa shape index (κ3) is 1.77. The van der Waals surface area contributed by atoms with Gasteiger partial charge in [0.1, 0.15) is 0 Å². The Labute approximate surface area is 84.1 Å². The molecule has 2 fully saturated rings. The number of hydrogen-bond acceptors (Lipinski definition) is 3. The maximum Gasteiger partial charge on any atom is 0.239 e. The van der Waals surface area contributed by atoms with Crippen molar-refractivity contribution < 1.29 is 9.90 Å². The summed E-state index contributed by atoms with van der Waals surface area (Å²) < 4.78 is 0. The van der Waals surface area contributed by atoms with E-state index in [4.69, 9.17) is 5.73 Å². The van der Waals surface area contributed by atoms with Crippen LogP contribution < -0.4 is 5.73 Å².